The molecule has 7 nitrogen and oxygen atoms in total. The number of para-hydroxylation sites is 2. The third-order valence-corrected chi connectivity index (χ3v) is 5.35. The van der Waals surface area contributed by atoms with E-state index in [0.29, 0.717) is 30.3 Å². The van der Waals surface area contributed by atoms with Crippen LogP contribution in [0.15, 0.2) is 42.7 Å². The summed E-state index contributed by atoms with van der Waals surface area (Å²) >= 11 is 0. The number of amides is 1. The molecule has 0 unspecified atom stereocenters. The topological polar surface area (TPSA) is 63.0 Å². The molecule has 1 aliphatic heterocycles. The highest BCUT2D eigenvalue weighted by atomic mass is 16.5. The van der Waals surface area contributed by atoms with Gasteiger partial charge in [0.25, 0.3) is 5.91 Å². The van der Waals surface area contributed by atoms with Gasteiger partial charge in [-0.15, -0.1) is 0 Å². The molecule has 3 heterocycles. The Kier molecular flexibility index (Phi) is 4.45. The Morgan fingerprint density at radius 1 is 1.18 bits per heavy atom. The highest BCUT2D eigenvalue weighted by Gasteiger charge is 2.38. The van der Waals surface area contributed by atoms with Gasteiger partial charge in [0.2, 0.25) is 5.78 Å². The van der Waals surface area contributed by atoms with Crippen molar-refractivity contribution in [2.45, 2.75) is 26.3 Å². The number of fused-ring (bicyclic) bond motifs is 1. The molecule has 2 aromatic heterocycles. The number of imidazole rings is 1. The molecule has 4 rings (SSSR count). The van der Waals surface area contributed by atoms with Crippen LogP contribution < -0.4 is 9.64 Å². The Balaban J connectivity index is 1.62. The molecule has 1 aliphatic rings. The van der Waals surface area contributed by atoms with Gasteiger partial charge in [-0.05, 0) is 39.0 Å². The maximum absolute atomic E-state index is 13.3. The number of hydrogen-bond acceptors (Lipinski definition) is 5. The average molecular weight is 379 g/mol. The minimum absolute atomic E-state index is 0.00856. The predicted molar refractivity (Wildman–Crippen MR) is 108 cm³/mol. The molecule has 0 radical (unpaired) electrons. The van der Waals surface area contributed by atoms with E-state index in [1.165, 1.54) is 0 Å². The molecule has 1 aromatic carbocycles. The Morgan fingerprint density at radius 3 is 2.71 bits per heavy atom. The summed E-state index contributed by atoms with van der Waals surface area (Å²) in [6, 6.07) is 9.83. The largest absolute Gasteiger partial charge is 0.495 e. The molecule has 1 saturated heterocycles. The van der Waals surface area contributed by atoms with Gasteiger partial charge >= 0.3 is 0 Å². The van der Waals surface area contributed by atoms with Crippen LogP contribution in [0.25, 0.3) is 5.78 Å². The van der Waals surface area contributed by atoms with Crippen molar-refractivity contribution in [3.05, 3.63) is 54.1 Å². The zero-order chi connectivity index (χ0) is 19.9. The van der Waals surface area contributed by atoms with E-state index in [9.17, 15) is 4.79 Å². The Labute approximate surface area is 164 Å². The predicted octanol–water partition coefficient (Wildman–Crippen LogP) is 2.79. The lowest BCUT2D eigenvalue weighted by Crippen LogP contribution is -2.61. The highest BCUT2D eigenvalue weighted by molar-refractivity contribution is 5.94. The fourth-order valence-corrected chi connectivity index (χ4v) is 4.03. The zero-order valence-corrected chi connectivity index (χ0v) is 16.7. The summed E-state index contributed by atoms with van der Waals surface area (Å²) < 4.78 is 7.32. The first-order valence-electron chi connectivity index (χ1n) is 9.42. The van der Waals surface area contributed by atoms with Gasteiger partial charge in [0.1, 0.15) is 11.4 Å². The van der Waals surface area contributed by atoms with Crippen LogP contribution in [0.4, 0.5) is 5.69 Å². The number of hydrogen-bond donors (Lipinski definition) is 0. The van der Waals surface area contributed by atoms with Gasteiger partial charge in [0.05, 0.1) is 24.0 Å². The van der Waals surface area contributed by atoms with Crippen molar-refractivity contribution in [1.82, 2.24) is 19.3 Å². The van der Waals surface area contributed by atoms with Crippen molar-refractivity contribution in [3.8, 4) is 5.75 Å². The monoisotopic (exact) mass is 379 g/mol. The summed E-state index contributed by atoms with van der Waals surface area (Å²) in [5.74, 6) is 1.39. The molecule has 1 amide bonds. The van der Waals surface area contributed by atoms with Gasteiger partial charge in [0.15, 0.2) is 0 Å². The molecule has 28 heavy (non-hydrogen) atoms. The molecule has 0 bridgehead atoms. The normalized spacial score (nSPS) is 16.4. The number of benzene rings is 1. The van der Waals surface area contributed by atoms with Gasteiger partial charge in [-0.25, -0.2) is 9.97 Å². The number of carbonyl (C=O) groups excluding carboxylic acids is 1. The lowest BCUT2D eigenvalue weighted by Gasteiger charge is -2.48. The second-order valence-electron chi connectivity index (χ2n) is 7.70. The first-order valence-corrected chi connectivity index (χ1v) is 9.42. The number of piperazine rings is 1. The van der Waals surface area contributed by atoms with Crippen LogP contribution in [-0.4, -0.2) is 57.5 Å². The molecule has 146 valence electrons. The number of carbonyl (C=O) groups is 1. The van der Waals surface area contributed by atoms with Crippen molar-refractivity contribution in [2.75, 3.05) is 31.6 Å². The second-order valence-corrected chi connectivity index (χ2v) is 7.70. The summed E-state index contributed by atoms with van der Waals surface area (Å²) in [6.07, 6.45) is 3.52. The minimum atomic E-state index is -0.241. The van der Waals surface area contributed by atoms with Crippen LogP contribution in [0.1, 0.15) is 30.0 Å². The number of aromatic nitrogens is 3. The van der Waals surface area contributed by atoms with E-state index in [-0.39, 0.29) is 11.4 Å². The molecular formula is C21H25N5O2. The molecule has 0 atom stereocenters. The maximum atomic E-state index is 13.3. The molecule has 3 aromatic rings. The average Bonchev–Trinajstić information content (AvgIpc) is 3.02. The molecule has 0 saturated carbocycles. The minimum Gasteiger partial charge on any atom is -0.495 e. The van der Waals surface area contributed by atoms with E-state index < -0.39 is 0 Å². The number of methoxy groups -OCH3 is 1. The summed E-state index contributed by atoms with van der Waals surface area (Å²) in [5.41, 5.74) is 2.10. The second kappa shape index (κ2) is 6.82. The fourth-order valence-electron chi connectivity index (χ4n) is 4.03. The van der Waals surface area contributed by atoms with Crippen LogP contribution >= 0.6 is 0 Å². The summed E-state index contributed by atoms with van der Waals surface area (Å²) in [6.45, 7) is 8.14. The number of anilines is 1. The summed E-state index contributed by atoms with van der Waals surface area (Å²) in [7, 11) is 1.69. The van der Waals surface area contributed by atoms with E-state index >= 15 is 0 Å². The van der Waals surface area contributed by atoms with Crippen LogP contribution in [0.3, 0.4) is 0 Å². The van der Waals surface area contributed by atoms with E-state index in [1.807, 2.05) is 42.3 Å². The molecule has 1 fully saturated rings. The standard InChI is InChI=1S/C21H25N5O2/c1-15-18(25-11-7-10-22-20(25)23-15)19(27)24-12-13-26(21(2,3)14-24)16-8-5-6-9-17(16)28-4/h5-11H,12-14H2,1-4H3. The third-order valence-electron chi connectivity index (χ3n) is 5.35. The number of nitrogens with zero attached hydrogens (tertiary/aromatic N) is 5. The zero-order valence-electron chi connectivity index (χ0n) is 16.7. The van der Waals surface area contributed by atoms with Crippen LogP contribution in [-0.2, 0) is 0 Å². The smallest absolute Gasteiger partial charge is 0.272 e. The van der Waals surface area contributed by atoms with Crippen molar-refractivity contribution in [1.29, 1.82) is 0 Å². The first kappa shape index (κ1) is 18.3. The third kappa shape index (κ3) is 2.96. The van der Waals surface area contributed by atoms with Crippen molar-refractivity contribution >= 4 is 17.4 Å². The first-order chi connectivity index (χ1) is 13.4. The lowest BCUT2D eigenvalue weighted by molar-refractivity contribution is 0.0678. The number of aryl methyl sites for hydroxylation is 1. The molecule has 0 aliphatic carbocycles. The van der Waals surface area contributed by atoms with Crippen molar-refractivity contribution in [2.24, 2.45) is 0 Å². The summed E-state index contributed by atoms with van der Waals surface area (Å²) in [5, 5.41) is 0. The Bertz CT molecular complexity index is 1030. The fraction of sp³-hybridized carbons (Fsp3) is 0.381. The number of rotatable bonds is 3. The Morgan fingerprint density at radius 2 is 1.96 bits per heavy atom. The lowest BCUT2D eigenvalue weighted by atomic mass is 9.97. The van der Waals surface area contributed by atoms with Gasteiger partial charge in [-0.1, -0.05) is 12.1 Å². The highest BCUT2D eigenvalue weighted by Crippen LogP contribution is 2.35. The number of ether oxygens (including phenoxy) is 1. The van der Waals surface area contributed by atoms with Crippen molar-refractivity contribution in [3.63, 3.8) is 0 Å². The van der Waals surface area contributed by atoms with Gasteiger partial charge in [-0.2, -0.15) is 0 Å². The molecule has 0 N–H and O–H groups in total. The Hall–Kier alpha value is -3.09. The van der Waals surface area contributed by atoms with E-state index in [1.54, 1.807) is 17.7 Å². The van der Waals surface area contributed by atoms with Crippen LogP contribution in [0, 0.1) is 6.92 Å². The van der Waals surface area contributed by atoms with Gasteiger partial charge in [0, 0.05) is 32.0 Å². The quantitative estimate of drug-likeness (QED) is 0.700. The van der Waals surface area contributed by atoms with E-state index in [2.05, 4.69) is 34.8 Å². The van der Waals surface area contributed by atoms with Crippen LogP contribution in [0.5, 0.6) is 5.75 Å². The molecule has 7 heteroatoms. The van der Waals surface area contributed by atoms with Crippen molar-refractivity contribution < 1.29 is 9.53 Å². The maximum Gasteiger partial charge on any atom is 0.272 e. The molecule has 0 spiro atoms. The summed E-state index contributed by atoms with van der Waals surface area (Å²) in [4.78, 5) is 26.3. The van der Waals surface area contributed by atoms with E-state index in [0.717, 1.165) is 18.0 Å². The van der Waals surface area contributed by atoms with Crippen LogP contribution in [0.2, 0.25) is 0 Å². The van der Waals surface area contributed by atoms with Gasteiger partial charge in [-0.3, -0.25) is 9.20 Å². The van der Waals surface area contributed by atoms with Gasteiger partial charge < -0.3 is 14.5 Å². The SMILES string of the molecule is COc1ccccc1N1CCN(C(=O)c2c(C)nc3ncccn23)CC1(C)C. The molecular weight excluding hydrogens is 354 g/mol. The van der Waals surface area contributed by atoms with E-state index in [4.69, 9.17) is 4.74 Å².